The van der Waals surface area contributed by atoms with Gasteiger partial charge in [0.2, 0.25) is 0 Å². The molecule has 0 radical (unpaired) electrons. The Labute approximate surface area is 153 Å². The van der Waals surface area contributed by atoms with Crippen LogP contribution >= 0.6 is 7.60 Å². The molecule has 0 saturated heterocycles. The Kier molecular flexibility index (Phi) is 4.82. The monoisotopic (exact) mass is 368 g/mol. The van der Waals surface area contributed by atoms with E-state index in [0.717, 1.165) is 33.2 Å². The maximum Gasteiger partial charge on any atom is 0.335 e. The molecular weight excluding hydrogens is 347 g/mol. The smallest absolute Gasteiger partial charge is 0.335 e. The first kappa shape index (κ1) is 17.3. The second-order valence-electron chi connectivity index (χ2n) is 6.30. The SMILES string of the molecule is CCOP1(=O)Cc2ccc(OCc3ccccc3)c3cccc(c23)CO1. The highest BCUT2D eigenvalue weighted by Gasteiger charge is 2.30. The number of rotatable bonds is 5. The lowest BCUT2D eigenvalue weighted by atomic mass is 9.99. The molecule has 1 heterocycles. The molecule has 1 aliphatic heterocycles. The number of ether oxygens (including phenoxy) is 1. The van der Waals surface area contributed by atoms with Crippen molar-refractivity contribution in [3.05, 3.63) is 77.4 Å². The molecule has 0 bridgehead atoms. The summed E-state index contributed by atoms with van der Waals surface area (Å²) in [6.07, 6.45) is 0.285. The predicted molar refractivity (Wildman–Crippen MR) is 102 cm³/mol. The van der Waals surface area contributed by atoms with E-state index in [0.29, 0.717) is 13.2 Å². The van der Waals surface area contributed by atoms with Crippen molar-refractivity contribution in [2.75, 3.05) is 6.61 Å². The average Bonchev–Trinajstić information content (AvgIpc) is 2.80. The van der Waals surface area contributed by atoms with Gasteiger partial charge in [-0.05, 0) is 35.1 Å². The normalized spacial score (nSPS) is 19.3. The maximum absolute atomic E-state index is 12.9. The predicted octanol–water partition coefficient (Wildman–Crippen LogP) is 5.68. The fourth-order valence-corrected chi connectivity index (χ4v) is 5.02. The lowest BCUT2D eigenvalue weighted by Gasteiger charge is -2.15. The highest BCUT2D eigenvalue weighted by atomic mass is 31.2. The van der Waals surface area contributed by atoms with Gasteiger partial charge in [-0.2, -0.15) is 0 Å². The van der Waals surface area contributed by atoms with E-state index in [9.17, 15) is 4.57 Å². The van der Waals surface area contributed by atoms with E-state index in [1.807, 2.05) is 67.6 Å². The molecule has 0 N–H and O–H groups in total. The van der Waals surface area contributed by atoms with Crippen molar-refractivity contribution in [3.63, 3.8) is 0 Å². The summed E-state index contributed by atoms with van der Waals surface area (Å²) >= 11 is 0. The van der Waals surface area contributed by atoms with Crippen molar-refractivity contribution in [2.45, 2.75) is 26.3 Å². The molecule has 4 rings (SSSR count). The van der Waals surface area contributed by atoms with Crippen LogP contribution in [0.1, 0.15) is 23.6 Å². The van der Waals surface area contributed by atoms with Gasteiger partial charge in [-0.1, -0.05) is 54.6 Å². The number of hydrogen-bond donors (Lipinski definition) is 0. The van der Waals surface area contributed by atoms with Crippen LogP contribution in [0.5, 0.6) is 5.75 Å². The largest absolute Gasteiger partial charge is 0.488 e. The van der Waals surface area contributed by atoms with Gasteiger partial charge in [-0.3, -0.25) is 4.57 Å². The minimum absolute atomic E-state index is 0.282. The van der Waals surface area contributed by atoms with Crippen LogP contribution < -0.4 is 4.74 Å². The zero-order chi connectivity index (χ0) is 18.0. The summed E-state index contributed by atoms with van der Waals surface area (Å²) in [5.41, 5.74) is 3.12. The minimum Gasteiger partial charge on any atom is -0.488 e. The molecule has 5 heteroatoms. The van der Waals surface area contributed by atoms with Gasteiger partial charge in [0.1, 0.15) is 12.4 Å². The van der Waals surface area contributed by atoms with Gasteiger partial charge in [0.25, 0.3) is 0 Å². The first-order valence-corrected chi connectivity index (χ1v) is 10.5. The molecule has 0 fully saturated rings. The van der Waals surface area contributed by atoms with Crippen molar-refractivity contribution in [3.8, 4) is 5.75 Å². The van der Waals surface area contributed by atoms with Crippen molar-refractivity contribution in [1.82, 2.24) is 0 Å². The molecule has 3 aromatic carbocycles. The van der Waals surface area contributed by atoms with Gasteiger partial charge < -0.3 is 13.8 Å². The van der Waals surface area contributed by atoms with E-state index < -0.39 is 7.60 Å². The summed E-state index contributed by atoms with van der Waals surface area (Å²) in [7, 11) is -3.12. The molecule has 26 heavy (non-hydrogen) atoms. The average molecular weight is 368 g/mol. The van der Waals surface area contributed by atoms with E-state index in [2.05, 4.69) is 0 Å². The van der Waals surface area contributed by atoms with Crippen LogP contribution in [0, 0.1) is 0 Å². The van der Waals surface area contributed by atoms with Crippen molar-refractivity contribution in [1.29, 1.82) is 0 Å². The molecule has 1 aliphatic rings. The van der Waals surface area contributed by atoms with E-state index >= 15 is 0 Å². The van der Waals surface area contributed by atoms with Crippen LogP contribution in [0.2, 0.25) is 0 Å². The second-order valence-corrected chi connectivity index (χ2v) is 8.35. The maximum atomic E-state index is 12.9. The molecule has 0 spiro atoms. The van der Waals surface area contributed by atoms with Gasteiger partial charge >= 0.3 is 7.60 Å². The fourth-order valence-electron chi connectivity index (χ4n) is 3.35. The Morgan fingerprint density at radius 2 is 1.85 bits per heavy atom. The first-order valence-electron chi connectivity index (χ1n) is 8.77. The Hall–Kier alpha value is -2.13. The molecule has 134 valence electrons. The summed E-state index contributed by atoms with van der Waals surface area (Å²) in [5.74, 6) is 0.822. The topological polar surface area (TPSA) is 44.8 Å². The Morgan fingerprint density at radius 3 is 2.65 bits per heavy atom. The number of benzene rings is 3. The lowest BCUT2D eigenvalue weighted by molar-refractivity contribution is 0.206. The molecule has 0 aliphatic carbocycles. The van der Waals surface area contributed by atoms with Gasteiger partial charge in [-0.15, -0.1) is 0 Å². The van der Waals surface area contributed by atoms with Crippen LogP contribution in [0.15, 0.2) is 60.7 Å². The second kappa shape index (κ2) is 7.24. The first-order chi connectivity index (χ1) is 12.7. The molecule has 0 saturated carbocycles. The standard InChI is InChI=1S/C21H21O4P/c1-2-24-26(22)15-18-11-12-20(23-13-16-7-4-3-5-8-16)19-10-6-9-17(14-25-26)21(18)19/h3-12H,2,13-15H2,1H3. The van der Waals surface area contributed by atoms with Crippen molar-refractivity contribution in [2.24, 2.45) is 0 Å². The van der Waals surface area contributed by atoms with Gasteiger partial charge in [0.05, 0.1) is 19.4 Å². The molecule has 1 unspecified atom stereocenters. The molecular formula is C21H21O4P. The van der Waals surface area contributed by atoms with Gasteiger partial charge in [-0.25, -0.2) is 0 Å². The minimum atomic E-state index is -3.12. The van der Waals surface area contributed by atoms with E-state index in [1.54, 1.807) is 0 Å². The van der Waals surface area contributed by atoms with Gasteiger partial charge in [0, 0.05) is 5.39 Å². The molecule has 0 amide bonds. The third-order valence-electron chi connectivity index (χ3n) is 4.52. The fraction of sp³-hybridized carbons (Fsp3) is 0.238. The highest BCUT2D eigenvalue weighted by molar-refractivity contribution is 7.53. The third kappa shape index (κ3) is 3.41. The van der Waals surface area contributed by atoms with E-state index in [4.69, 9.17) is 13.8 Å². The zero-order valence-corrected chi connectivity index (χ0v) is 15.6. The molecule has 3 aromatic rings. The van der Waals surface area contributed by atoms with Crippen molar-refractivity contribution >= 4 is 18.4 Å². The van der Waals surface area contributed by atoms with Crippen LogP contribution in [0.25, 0.3) is 10.8 Å². The Bertz CT molecular complexity index is 968. The molecule has 4 nitrogen and oxygen atoms in total. The Balaban J connectivity index is 1.72. The van der Waals surface area contributed by atoms with E-state index in [-0.39, 0.29) is 12.8 Å². The van der Waals surface area contributed by atoms with E-state index in [1.165, 1.54) is 0 Å². The Morgan fingerprint density at radius 1 is 1.00 bits per heavy atom. The van der Waals surface area contributed by atoms with Crippen molar-refractivity contribution < 1.29 is 18.3 Å². The summed E-state index contributed by atoms with van der Waals surface area (Å²) in [5, 5.41) is 2.08. The lowest BCUT2D eigenvalue weighted by Crippen LogP contribution is -1.98. The summed E-state index contributed by atoms with van der Waals surface area (Å²) in [6.45, 7) is 2.99. The molecule has 0 aromatic heterocycles. The quantitative estimate of drug-likeness (QED) is 0.544. The van der Waals surface area contributed by atoms with Crippen LogP contribution in [-0.4, -0.2) is 6.61 Å². The highest BCUT2D eigenvalue weighted by Crippen LogP contribution is 2.55. The molecule has 1 atom stereocenters. The van der Waals surface area contributed by atoms with Crippen LogP contribution in [0.4, 0.5) is 0 Å². The van der Waals surface area contributed by atoms with Crippen LogP contribution in [-0.2, 0) is 33.0 Å². The zero-order valence-electron chi connectivity index (χ0n) is 14.7. The van der Waals surface area contributed by atoms with Crippen LogP contribution in [0.3, 0.4) is 0 Å². The summed E-state index contributed by atoms with van der Waals surface area (Å²) in [6, 6.07) is 20.0. The van der Waals surface area contributed by atoms with Gasteiger partial charge in [0.15, 0.2) is 0 Å². The number of hydrogen-bond acceptors (Lipinski definition) is 4. The summed E-state index contributed by atoms with van der Waals surface area (Å²) < 4.78 is 30.1. The summed E-state index contributed by atoms with van der Waals surface area (Å²) in [4.78, 5) is 0. The third-order valence-corrected chi connectivity index (χ3v) is 6.42.